The zero-order chi connectivity index (χ0) is 32.3. The van der Waals surface area contributed by atoms with E-state index in [0.29, 0.717) is 17.9 Å². The van der Waals surface area contributed by atoms with Crippen LogP contribution in [0.2, 0.25) is 18.6 Å². The molecule has 0 radical (unpaired) electrons. The van der Waals surface area contributed by atoms with Crippen molar-refractivity contribution in [1.82, 2.24) is 15.0 Å². The third kappa shape index (κ3) is 6.60. The number of carbonyl (C=O) groups is 1. The van der Waals surface area contributed by atoms with Crippen molar-refractivity contribution in [2.75, 3.05) is 25.2 Å². The molecule has 0 unspecified atom stereocenters. The molecule has 3 heterocycles. The molecule has 2 aliphatic heterocycles. The number of ether oxygens (including phenoxy) is 3. The summed E-state index contributed by atoms with van der Waals surface area (Å²) in [6.45, 7) is 8.12. The quantitative estimate of drug-likeness (QED) is 0.210. The Labute approximate surface area is 272 Å². The fraction of sp³-hybridized carbons (Fsp3) is 0.417. The van der Waals surface area contributed by atoms with Gasteiger partial charge in [0.15, 0.2) is 6.61 Å². The normalized spacial score (nSPS) is 21.2. The van der Waals surface area contributed by atoms with Crippen LogP contribution in [0.1, 0.15) is 31.0 Å². The lowest BCUT2D eigenvalue weighted by Crippen LogP contribution is -2.50. The van der Waals surface area contributed by atoms with E-state index >= 15 is 0 Å². The van der Waals surface area contributed by atoms with E-state index in [-0.39, 0.29) is 31.3 Å². The molecule has 1 aromatic heterocycles. The predicted octanol–water partition coefficient (Wildman–Crippen LogP) is 5.29. The van der Waals surface area contributed by atoms with Crippen molar-refractivity contribution in [3.63, 3.8) is 0 Å². The highest BCUT2D eigenvalue weighted by atomic mass is 28.3. The third-order valence-electron chi connectivity index (χ3n) is 9.79. The summed E-state index contributed by atoms with van der Waals surface area (Å²) in [5.74, 6) is 1.90. The van der Waals surface area contributed by atoms with Crippen LogP contribution < -0.4 is 19.6 Å². The summed E-state index contributed by atoms with van der Waals surface area (Å²) in [6.07, 6.45) is 5.33. The first kappa shape index (κ1) is 32.0. The van der Waals surface area contributed by atoms with Crippen molar-refractivity contribution in [2.45, 2.75) is 70.0 Å². The lowest BCUT2D eigenvalue weighted by Gasteiger charge is -2.36. The van der Waals surface area contributed by atoms with Crippen molar-refractivity contribution >= 4 is 30.5 Å². The molecule has 6 rings (SSSR count). The second-order valence-corrected chi connectivity index (χ2v) is 17.7. The molecule has 4 atom stereocenters. The van der Waals surface area contributed by atoms with E-state index in [1.807, 2.05) is 47.3 Å². The molecule has 0 saturated carbocycles. The Morgan fingerprint density at radius 1 is 0.978 bits per heavy atom. The number of aromatic nitrogens is 3. The number of benzene rings is 3. The summed E-state index contributed by atoms with van der Waals surface area (Å²) < 4.78 is 19.9. The number of methoxy groups -OCH3 is 1. The number of fused-ring (bicyclic) bond motifs is 1. The smallest absolute Gasteiger partial charge is 0.269 e. The van der Waals surface area contributed by atoms with E-state index < -0.39 is 8.07 Å². The van der Waals surface area contributed by atoms with Crippen LogP contribution in [0.4, 0.5) is 11.4 Å². The standard InChI is InChI=1S/C36H44N4O5Si/c1-25-32(18-11-26-9-12-28(13-10-26)40-31-7-5-6-8-33(31)44-24-35(40)42)45-34(19-21-39-23-27(20-22-41)37-38-39)36(25)46(3,4)30-16-14-29(43-2)15-17-30/h5-10,12-17,23,25,32,34,36,41H,11,18-22,24H2,1-4H3/t25-,32+,34-,36+/m0/s1. The van der Waals surface area contributed by atoms with Crippen molar-refractivity contribution < 1.29 is 24.1 Å². The zero-order valence-corrected chi connectivity index (χ0v) is 28.1. The summed E-state index contributed by atoms with van der Waals surface area (Å²) >= 11 is 0. The molecular formula is C36H44N4O5Si. The summed E-state index contributed by atoms with van der Waals surface area (Å²) in [6, 6.07) is 24.6. The van der Waals surface area contributed by atoms with E-state index in [0.717, 1.165) is 54.4 Å². The van der Waals surface area contributed by atoms with Crippen molar-refractivity contribution in [2.24, 2.45) is 5.92 Å². The topological polar surface area (TPSA) is 98.9 Å². The van der Waals surface area contributed by atoms with Crippen LogP contribution in [-0.4, -0.2) is 66.6 Å². The van der Waals surface area contributed by atoms with E-state index in [9.17, 15) is 9.90 Å². The SMILES string of the molecule is COc1ccc([Si](C)(C)[C@@H]2[C@@H](C)[C@@H](CCc3ccc(N4C(=O)COc5ccccc54)cc3)O[C@H]2CCn2cc(CCO)nn2)cc1. The van der Waals surface area contributed by atoms with Gasteiger partial charge in [0.2, 0.25) is 0 Å². The molecule has 242 valence electrons. The molecule has 0 spiro atoms. The number of aliphatic hydroxyl groups excluding tert-OH is 1. The molecule has 46 heavy (non-hydrogen) atoms. The summed E-state index contributed by atoms with van der Waals surface area (Å²) in [7, 11) is -0.269. The first-order chi connectivity index (χ1) is 22.3. The van der Waals surface area contributed by atoms with E-state index in [2.05, 4.69) is 66.7 Å². The fourth-order valence-corrected chi connectivity index (χ4v) is 11.5. The van der Waals surface area contributed by atoms with Gasteiger partial charge in [0.25, 0.3) is 5.91 Å². The lowest BCUT2D eigenvalue weighted by molar-refractivity contribution is -0.120. The first-order valence-corrected chi connectivity index (χ1v) is 19.3. The maximum atomic E-state index is 12.8. The molecule has 0 aliphatic carbocycles. The van der Waals surface area contributed by atoms with Gasteiger partial charge in [-0.05, 0) is 72.7 Å². The Balaban J connectivity index is 1.17. The van der Waals surface area contributed by atoms with Gasteiger partial charge in [0, 0.05) is 31.5 Å². The number of aliphatic hydroxyl groups is 1. The number of hydrogen-bond donors (Lipinski definition) is 1. The van der Waals surface area contributed by atoms with Crippen LogP contribution in [0.15, 0.2) is 79.0 Å². The van der Waals surface area contributed by atoms with Crippen LogP contribution in [0.25, 0.3) is 0 Å². The van der Waals surface area contributed by atoms with Gasteiger partial charge < -0.3 is 19.3 Å². The summed E-state index contributed by atoms with van der Waals surface area (Å²) in [4.78, 5) is 14.5. The lowest BCUT2D eigenvalue weighted by atomic mass is 9.95. The minimum absolute atomic E-state index is 0.0366. The van der Waals surface area contributed by atoms with E-state index in [1.54, 1.807) is 12.0 Å². The highest BCUT2D eigenvalue weighted by molar-refractivity contribution is 6.91. The maximum absolute atomic E-state index is 12.8. The molecule has 1 N–H and O–H groups in total. The number of carbonyl (C=O) groups excluding carboxylic acids is 1. The Bertz CT molecular complexity index is 1620. The molecule has 0 bridgehead atoms. The number of rotatable bonds is 12. The Morgan fingerprint density at radius 3 is 2.48 bits per heavy atom. The summed E-state index contributed by atoms with van der Waals surface area (Å²) in [5, 5.41) is 19.2. The van der Waals surface area contributed by atoms with Crippen LogP contribution in [-0.2, 0) is 28.9 Å². The molecule has 3 aromatic carbocycles. The first-order valence-electron chi connectivity index (χ1n) is 16.2. The maximum Gasteiger partial charge on any atom is 0.269 e. The van der Waals surface area contributed by atoms with E-state index in [4.69, 9.17) is 14.2 Å². The fourth-order valence-electron chi connectivity index (χ4n) is 7.36. The average molecular weight is 641 g/mol. The van der Waals surface area contributed by atoms with Crippen LogP contribution in [0.3, 0.4) is 0 Å². The molecule has 4 aromatic rings. The Hall–Kier alpha value is -3.99. The summed E-state index contributed by atoms with van der Waals surface area (Å²) in [5.41, 5.74) is 4.06. The number of amides is 1. The van der Waals surface area contributed by atoms with E-state index in [1.165, 1.54) is 10.8 Å². The zero-order valence-electron chi connectivity index (χ0n) is 27.1. The van der Waals surface area contributed by atoms with Gasteiger partial charge in [-0.15, -0.1) is 5.10 Å². The van der Waals surface area contributed by atoms with Gasteiger partial charge in [-0.3, -0.25) is 14.4 Å². The van der Waals surface area contributed by atoms with Crippen molar-refractivity contribution in [3.05, 3.63) is 90.3 Å². The van der Waals surface area contributed by atoms with Crippen molar-refractivity contribution in [3.8, 4) is 11.5 Å². The van der Waals surface area contributed by atoms with Gasteiger partial charge in [-0.2, -0.15) is 0 Å². The molecule has 1 saturated heterocycles. The van der Waals surface area contributed by atoms with Gasteiger partial charge in [0.05, 0.1) is 38.8 Å². The molecular weight excluding hydrogens is 597 g/mol. The van der Waals surface area contributed by atoms with Crippen molar-refractivity contribution in [1.29, 1.82) is 0 Å². The third-order valence-corrected chi connectivity index (χ3v) is 14.2. The van der Waals surface area contributed by atoms with Gasteiger partial charge in [-0.25, -0.2) is 0 Å². The average Bonchev–Trinajstić information content (AvgIpc) is 3.66. The Kier molecular flexibility index (Phi) is 9.58. The molecule has 2 aliphatic rings. The highest BCUT2D eigenvalue weighted by Crippen LogP contribution is 2.46. The number of anilines is 2. The van der Waals surface area contributed by atoms with Gasteiger partial charge in [0.1, 0.15) is 11.5 Å². The number of aryl methyl sites for hydroxylation is 2. The minimum Gasteiger partial charge on any atom is -0.497 e. The minimum atomic E-state index is -1.97. The van der Waals surface area contributed by atoms with Crippen LogP contribution in [0.5, 0.6) is 11.5 Å². The van der Waals surface area contributed by atoms with Crippen LogP contribution >= 0.6 is 0 Å². The number of para-hydroxylation sites is 2. The monoisotopic (exact) mass is 640 g/mol. The molecule has 10 heteroatoms. The second-order valence-electron chi connectivity index (χ2n) is 13.0. The number of hydrogen-bond acceptors (Lipinski definition) is 7. The Morgan fingerprint density at radius 2 is 1.74 bits per heavy atom. The van der Waals surface area contributed by atoms with Gasteiger partial charge >= 0.3 is 0 Å². The molecule has 1 amide bonds. The molecule has 9 nitrogen and oxygen atoms in total. The second kappa shape index (κ2) is 13.8. The predicted molar refractivity (Wildman–Crippen MR) is 181 cm³/mol. The molecule has 1 fully saturated rings. The number of nitrogens with zero attached hydrogens (tertiary/aromatic N) is 4. The largest absolute Gasteiger partial charge is 0.497 e. The highest BCUT2D eigenvalue weighted by Gasteiger charge is 2.50. The van der Waals surface area contributed by atoms with Crippen LogP contribution in [0, 0.1) is 5.92 Å². The van der Waals surface area contributed by atoms with Gasteiger partial charge in [-0.1, -0.05) is 66.8 Å².